The van der Waals surface area contributed by atoms with Crippen molar-refractivity contribution < 1.29 is 4.39 Å². The first kappa shape index (κ1) is 18.0. The van der Waals surface area contributed by atoms with Crippen molar-refractivity contribution in [3.8, 4) is 22.5 Å². The van der Waals surface area contributed by atoms with Gasteiger partial charge in [0.1, 0.15) is 11.3 Å². The zero-order valence-electron chi connectivity index (χ0n) is 15.6. The predicted molar refractivity (Wildman–Crippen MR) is 111 cm³/mol. The number of halogens is 2. The van der Waals surface area contributed by atoms with Gasteiger partial charge in [0.05, 0.1) is 5.56 Å². The molecule has 0 radical (unpaired) electrons. The van der Waals surface area contributed by atoms with Crippen molar-refractivity contribution in [3.05, 3.63) is 53.3 Å². The molecule has 146 valence electrons. The Balaban J connectivity index is 1.92. The molecule has 2 aromatic heterocycles. The van der Waals surface area contributed by atoms with Crippen molar-refractivity contribution in [2.24, 2.45) is 0 Å². The maximum atomic E-state index is 14.9. The van der Waals surface area contributed by atoms with Gasteiger partial charge in [-0.15, -0.1) is 10.2 Å². The highest BCUT2D eigenvalue weighted by Crippen LogP contribution is 2.43. The third-order valence-corrected chi connectivity index (χ3v) is 5.49. The monoisotopic (exact) mass is 408 g/mol. The molecule has 4 aromatic rings. The van der Waals surface area contributed by atoms with Crippen molar-refractivity contribution in [3.63, 3.8) is 0 Å². The average molecular weight is 409 g/mol. The van der Waals surface area contributed by atoms with Crippen LogP contribution in [0.2, 0.25) is 5.02 Å². The summed E-state index contributed by atoms with van der Waals surface area (Å²) >= 11 is 6.22. The second kappa shape index (κ2) is 7.40. The topological polar surface area (TPSA) is 70.6 Å². The van der Waals surface area contributed by atoms with E-state index in [4.69, 9.17) is 16.6 Å². The molecule has 2 aromatic carbocycles. The SMILES string of the molecule is Fc1cc(Cl)cc2c(-c3ccccc3)c(-c3nn[nH]n3)c(N3CCCCC3)nc12. The minimum Gasteiger partial charge on any atom is -0.356 e. The lowest BCUT2D eigenvalue weighted by atomic mass is 9.94. The van der Waals surface area contributed by atoms with Gasteiger partial charge in [-0.25, -0.2) is 9.37 Å². The molecule has 0 bridgehead atoms. The number of aromatic nitrogens is 5. The Bertz CT molecular complexity index is 1160. The summed E-state index contributed by atoms with van der Waals surface area (Å²) in [4.78, 5) is 6.94. The first-order chi connectivity index (χ1) is 14.2. The molecule has 29 heavy (non-hydrogen) atoms. The van der Waals surface area contributed by atoms with E-state index in [0.717, 1.165) is 42.6 Å². The van der Waals surface area contributed by atoms with Crippen LogP contribution in [0.15, 0.2) is 42.5 Å². The zero-order valence-corrected chi connectivity index (χ0v) is 16.3. The Morgan fingerprint density at radius 2 is 1.79 bits per heavy atom. The van der Waals surface area contributed by atoms with Crippen LogP contribution >= 0.6 is 11.6 Å². The van der Waals surface area contributed by atoms with Crippen LogP contribution in [0.3, 0.4) is 0 Å². The van der Waals surface area contributed by atoms with E-state index in [2.05, 4.69) is 25.5 Å². The molecule has 8 heteroatoms. The molecule has 0 unspecified atom stereocenters. The molecule has 1 N–H and O–H groups in total. The molecule has 0 aliphatic carbocycles. The van der Waals surface area contributed by atoms with Crippen molar-refractivity contribution in [1.82, 2.24) is 25.6 Å². The second-order valence-corrected chi connectivity index (χ2v) is 7.55. The Kier molecular flexibility index (Phi) is 4.60. The Morgan fingerprint density at radius 3 is 2.52 bits per heavy atom. The second-order valence-electron chi connectivity index (χ2n) is 7.12. The van der Waals surface area contributed by atoms with Crippen LogP contribution in [-0.2, 0) is 0 Å². The quantitative estimate of drug-likeness (QED) is 0.524. The number of benzene rings is 2. The molecule has 1 aliphatic heterocycles. The van der Waals surface area contributed by atoms with Gasteiger partial charge in [-0.3, -0.25) is 0 Å². The van der Waals surface area contributed by atoms with Crippen molar-refractivity contribution in [1.29, 1.82) is 0 Å². The first-order valence-corrected chi connectivity index (χ1v) is 9.97. The average Bonchev–Trinajstić information content (AvgIpc) is 3.28. The van der Waals surface area contributed by atoms with Gasteiger partial charge in [-0.1, -0.05) is 41.9 Å². The molecule has 0 atom stereocenters. The molecule has 0 amide bonds. The van der Waals surface area contributed by atoms with Crippen LogP contribution in [0.5, 0.6) is 0 Å². The predicted octanol–water partition coefficient (Wildman–Crippen LogP) is 4.86. The van der Waals surface area contributed by atoms with Gasteiger partial charge in [0.15, 0.2) is 5.82 Å². The maximum absolute atomic E-state index is 14.9. The molecule has 0 saturated carbocycles. The Morgan fingerprint density at radius 1 is 1.00 bits per heavy atom. The standard InChI is InChI=1S/C21H18ClFN6/c22-14-11-15-17(13-7-3-1-4-8-13)18(20-25-27-28-26-20)21(24-19(15)16(23)12-14)29-9-5-2-6-10-29/h1,3-4,7-8,11-12H,2,5-6,9-10H2,(H,25,26,27,28). The van der Waals surface area contributed by atoms with E-state index in [0.29, 0.717) is 27.6 Å². The summed E-state index contributed by atoms with van der Waals surface area (Å²) in [5.74, 6) is 0.667. The van der Waals surface area contributed by atoms with Crippen LogP contribution < -0.4 is 4.90 Å². The number of tetrazole rings is 1. The molecule has 1 saturated heterocycles. The summed E-state index contributed by atoms with van der Waals surface area (Å²) in [6.45, 7) is 1.71. The van der Waals surface area contributed by atoms with E-state index in [1.54, 1.807) is 6.07 Å². The molecular weight excluding hydrogens is 391 g/mol. The number of rotatable bonds is 3. The molecule has 6 nitrogen and oxygen atoms in total. The van der Waals surface area contributed by atoms with Gasteiger partial charge in [0.2, 0.25) is 5.82 Å². The maximum Gasteiger partial charge on any atom is 0.209 e. The lowest BCUT2D eigenvalue weighted by molar-refractivity contribution is 0.573. The third-order valence-electron chi connectivity index (χ3n) is 5.28. The van der Waals surface area contributed by atoms with E-state index in [9.17, 15) is 4.39 Å². The zero-order chi connectivity index (χ0) is 19.8. The molecule has 1 fully saturated rings. The summed E-state index contributed by atoms with van der Waals surface area (Å²) in [6.07, 6.45) is 3.31. The number of nitrogens with zero attached hydrogens (tertiary/aromatic N) is 5. The van der Waals surface area contributed by atoms with Crippen LogP contribution in [0.1, 0.15) is 19.3 Å². The summed E-state index contributed by atoms with van der Waals surface area (Å²) in [5.41, 5.74) is 2.75. The highest BCUT2D eigenvalue weighted by Gasteiger charge is 2.26. The van der Waals surface area contributed by atoms with Crippen LogP contribution in [-0.4, -0.2) is 38.7 Å². The number of nitrogens with one attached hydrogen (secondary N) is 1. The number of hydrogen-bond acceptors (Lipinski definition) is 5. The lowest BCUT2D eigenvalue weighted by Crippen LogP contribution is -2.31. The summed E-state index contributed by atoms with van der Waals surface area (Å²) in [5, 5.41) is 15.7. The number of piperidine rings is 1. The molecule has 1 aliphatic rings. The molecule has 3 heterocycles. The van der Waals surface area contributed by atoms with Gasteiger partial charge in [0.25, 0.3) is 0 Å². The lowest BCUT2D eigenvalue weighted by Gasteiger charge is -2.30. The van der Waals surface area contributed by atoms with Gasteiger partial charge < -0.3 is 4.90 Å². The largest absolute Gasteiger partial charge is 0.356 e. The summed E-state index contributed by atoms with van der Waals surface area (Å²) in [6, 6.07) is 12.9. The van der Waals surface area contributed by atoms with Crippen molar-refractivity contribution >= 4 is 28.3 Å². The fourth-order valence-corrected chi connectivity index (χ4v) is 4.20. The van der Waals surface area contributed by atoms with Gasteiger partial charge in [0, 0.05) is 29.1 Å². The van der Waals surface area contributed by atoms with E-state index in [-0.39, 0.29) is 0 Å². The van der Waals surface area contributed by atoms with E-state index < -0.39 is 5.82 Å². The smallest absolute Gasteiger partial charge is 0.209 e. The number of aromatic amines is 1. The molecular formula is C21H18ClFN6. The summed E-state index contributed by atoms with van der Waals surface area (Å²) in [7, 11) is 0. The minimum atomic E-state index is -0.442. The number of anilines is 1. The third kappa shape index (κ3) is 3.21. The van der Waals surface area contributed by atoms with Crippen molar-refractivity contribution in [2.45, 2.75) is 19.3 Å². The van der Waals surface area contributed by atoms with Crippen molar-refractivity contribution in [2.75, 3.05) is 18.0 Å². The fraction of sp³-hybridized carbons (Fsp3) is 0.238. The van der Waals surface area contributed by atoms with Gasteiger partial charge in [-0.05, 0) is 42.2 Å². The van der Waals surface area contributed by atoms with E-state index in [1.165, 1.54) is 12.5 Å². The van der Waals surface area contributed by atoms with Gasteiger partial charge in [-0.2, -0.15) is 5.21 Å². The van der Waals surface area contributed by atoms with Crippen LogP contribution in [0.25, 0.3) is 33.4 Å². The highest BCUT2D eigenvalue weighted by atomic mass is 35.5. The van der Waals surface area contributed by atoms with E-state index in [1.807, 2.05) is 30.3 Å². The molecule has 0 spiro atoms. The van der Waals surface area contributed by atoms with Gasteiger partial charge >= 0.3 is 0 Å². The summed E-state index contributed by atoms with van der Waals surface area (Å²) < 4.78 is 14.9. The number of pyridine rings is 1. The number of hydrogen-bond donors (Lipinski definition) is 1. The highest BCUT2D eigenvalue weighted by molar-refractivity contribution is 6.31. The van der Waals surface area contributed by atoms with Crippen LogP contribution in [0, 0.1) is 5.82 Å². The normalized spacial score (nSPS) is 14.5. The fourth-order valence-electron chi connectivity index (χ4n) is 4.00. The first-order valence-electron chi connectivity index (χ1n) is 9.59. The Hall–Kier alpha value is -3.06. The number of H-pyrrole nitrogens is 1. The Labute approximate surface area is 171 Å². The van der Waals surface area contributed by atoms with E-state index >= 15 is 0 Å². The molecule has 5 rings (SSSR count). The minimum absolute atomic E-state index is 0.293. The number of fused-ring (bicyclic) bond motifs is 1. The van der Waals surface area contributed by atoms with Crippen LogP contribution in [0.4, 0.5) is 10.2 Å².